The minimum absolute atomic E-state index is 0.641. The maximum atomic E-state index is 9.15. The van der Waals surface area contributed by atoms with Gasteiger partial charge < -0.3 is 9.47 Å². The Hall–Kier alpha value is -3.51. The molecule has 3 heteroatoms. The van der Waals surface area contributed by atoms with Crippen molar-refractivity contribution in [2.75, 3.05) is 14.2 Å². The molecule has 0 aliphatic heterocycles. The molecule has 0 amide bonds. The molecule has 3 aromatic rings. The first-order valence-corrected chi connectivity index (χ1v) is 8.24. The predicted molar refractivity (Wildman–Crippen MR) is 104 cm³/mol. The van der Waals surface area contributed by atoms with Crippen LogP contribution >= 0.6 is 0 Å². The zero-order valence-corrected chi connectivity index (χ0v) is 14.8. The highest BCUT2D eigenvalue weighted by Gasteiger charge is 2.07. The van der Waals surface area contributed by atoms with Gasteiger partial charge in [-0.05, 0) is 64.7 Å². The molecule has 0 unspecified atom stereocenters. The third kappa shape index (κ3) is 3.93. The van der Waals surface area contributed by atoms with Gasteiger partial charge in [-0.15, -0.1) is 0 Å². The first kappa shape index (κ1) is 17.3. The Morgan fingerprint density at radius 2 is 1.35 bits per heavy atom. The van der Waals surface area contributed by atoms with Crippen LogP contribution in [0.3, 0.4) is 0 Å². The number of methoxy groups -OCH3 is 2. The highest BCUT2D eigenvalue weighted by molar-refractivity contribution is 5.91. The second-order valence-corrected chi connectivity index (χ2v) is 5.75. The number of hydrogen-bond acceptors (Lipinski definition) is 3. The van der Waals surface area contributed by atoms with Gasteiger partial charge in [0.25, 0.3) is 0 Å². The van der Waals surface area contributed by atoms with E-state index in [4.69, 9.17) is 14.7 Å². The number of benzene rings is 3. The molecule has 0 heterocycles. The minimum atomic E-state index is 0.641. The number of ether oxygens (including phenoxy) is 2. The molecule has 0 aliphatic rings. The van der Waals surface area contributed by atoms with E-state index in [2.05, 4.69) is 12.1 Å². The number of nitriles is 1. The van der Waals surface area contributed by atoms with Crippen molar-refractivity contribution in [3.63, 3.8) is 0 Å². The lowest BCUT2D eigenvalue weighted by Gasteiger charge is -2.11. The van der Waals surface area contributed by atoms with Crippen molar-refractivity contribution < 1.29 is 9.47 Å². The first-order valence-electron chi connectivity index (χ1n) is 8.24. The van der Waals surface area contributed by atoms with Crippen LogP contribution < -0.4 is 9.47 Å². The Morgan fingerprint density at radius 3 is 1.81 bits per heavy atom. The van der Waals surface area contributed by atoms with E-state index in [1.54, 1.807) is 20.3 Å². The van der Waals surface area contributed by atoms with Crippen LogP contribution in [0.1, 0.15) is 22.3 Å². The van der Waals surface area contributed by atoms with Crippen molar-refractivity contribution in [1.82, 2.24) is 0 Å². The van der Waals surface area contributed by atoms with Crippen molar-refractivity contribution in [3.05, 3.63) is 95.1 Å². The maximum Gasteiger partial charge on any atom is 0.118 e. The van der Waals surface area contributed by atoms with Crippen LogP contribution in [0.4, 0.5) is 0 Å². The number of rotatable bonds is 5. The molecule has 0 aromatic heterocycles. The third-order valence-corrected chi connectivity index (χ3v) is 4.13. The Morgan fingerprint density at radius 1 is 0.808 bits per heavy atom. The lowest BCUT2D eigenvalue weighted by atomic mass is 9.95. The molecule has 3 rings (SSSR count). The quantitative estimate of drug-likeness (QED) is 0.602. The van der Waals surface area contributed by atoms with Gasteiger partial charge in [0.05, 0.1) is 25.9 Å². The van der Waals surface area contributed by atoms with Crippen molar-refractivity contribution in [3.8, 4) is 17.6 Å². The van der Waals surface area contributed by atoms with E-state index in [-0.39, 0.29) is 0 Å². The third-order valence-electron chi connectivity index (χ3n) is 4.13. The molecule has 0 spiro atoms. The van der Waals surface area contributed by atoms with Crippen molar-refractivity contribution in [2.45, 2.75) is 0 Å². The van der Waals surface area contributed by atoms with Crippen LogP contribution in [0.5, 0.6) is 11.5 Å². The van der Waals surface area contributed by atoms with Crippen molar-refractivity contribution in [1.29, 1.82) is 5.26 Å². The summed E-state index contributed by atoms with van der Waals surface area (Å²) in [6, 6.07) is 25.7. The zero-order chi connectivity index (χ0) is 18.4. The van der Waals surface area contributed by atoms with Gasteiger partial charge in [0, 0.05) is 0 Å². The lowest BCUT2D eigenvalue weighted by molar-refractivity contribution is 0.414. The fraction of sp³-hybridized carbons (Fsp3) is 0.0870. The molecule has 0 fully saturated rings. The second kappa shape index (κ2) is 8.04. The molecule has 0 bridgehead atoms. The first-order chi connectivity index (χ1) is 12.7. The highest BCUT2D eigenvalue weighted by Crippen LogP contribution is 2.29. The Labute approximate surface area is 153 Å². The van der Waals surface area contributed by atoms with Gasteiger partial charge in [-0.2, -0.15) is 5.26 Å². The summed E-state index contributed by atoms with van der Waals surface area (Å²) in [6.07, 6.45) is 2.09. The van der Waals surface area contributed by atoms with E-state index in [0.717, 1.165) is 33.8 Å². The van der Waals surface area contributed by atoms with Gasteiger partial charge in [-0.3, -0.25) is 0 Å². The second-order valence-electron chi connectivity index (χ2n) is 5.75. The van der Waals surface area contributed by atoms with Crippen LogP contribution in [0.25, 0.3) is 11.6 Å². The van der Waals surface area contributed by atoms with Crippen LogP contribution in [-0.4, -0.2) is 14.2 Å². The molecule has 0 saturated heterocycles. The average molecular weight is 341 g/mol. The normalized spacial score (nSPS) is 9.88. The van der Waals surface area contributed by atoms with E-state index >= 15 is 0 Å². The summed E-state index contributed by atoms with van der Waals surface area (Å²) in [5, 5.41) is 9.15. The van der Waals surface area contributed by atoms with Gasteiger partial charge >= 0.3 is 0 Å². The SMILES string of the molecule is COc1ccc(C(=Cc2cccc(C#N)c2)c2ccc(OC)cc2)cc1. The topological polar surface area (TPSA) is 42.2 Å². The van der Waals surface area contributed by atoms with Gasteiger partial charge in [-0.1, -0.05) is 36.4 Å². The molecule has 128 valence electrons. The maximum absolute atomic E-state index is 9.15. The summed E-state index contributed by atoms with van der Waals surface area (Å²) in [6.45, 7) is 0. The minimum Gasteiger partial charge on any atom is -0.497 e. The summed E-state index contributed by atoms with van der Waals surface area (Å²) >= 11 is 0. The van der Waals surface area contributed by atoms with Crippen LogP contribution in [0.15, 0.2) is 72.8 Å². The molecule has 0 aliphatic carbocycles. The van der Waals surface area contributed by atoms with Crippen molar-refractivity contribution >= 4 is 11.6 Å². The smallest absolute Gasteiger partial charge is 0.118 e. The van der Waals surface area contributed by atoms with E-state index in [0.29, 0.717) is 5.56 Å². The molecule has 26 heavy (non-hydrogen) atoms. The molecular formula is C23H19NO2. The lowest BCUT2D eigenvalue weighted by Crippen LogP contribution is -1.91. The summed E-state index contributed by atoms with van der Waals surface area (Å²) < 4.78 is 10.5. The van der Waals surface area contributed by atoms with Gasteiger partial charge in [0.1, 0.15) is 11.5 Å². The van der Waals surface area contributed by atoms with E-state index in [1.165, 1.54) is 0 Å². The number of hydrogen-bond donors (Lipinski definition) is 0. The van der Waals surface area contributed by atoms with E-state index < -0.39 is 0 Å². The van der Waals surface area contributed by atoms with E-state index in [9.17, 15) is 0 Å². The molecule has 0 saturated carbocycles. The van der Waals surface area contributed by atoms with Gasteiger partial charge in [0.2, 0.25) is 0 Å². The predicted octanol–water partition coefficient (Wildman–Crippen LogP) is 5.16. The largest absolute Gasteiger partial charge is 0.497 e. The summed E-state index contributed by atoms with van der Waals surface area (Å²) in [7, 11) is 3.31. The van der Waals surface area contributed by atoms with Crippen LogP contribution in [-0.2, 0) is 0 Å². The summed E-state index contributed by atoms with van der Waals surface area (Å²) in [5.74, 6) is 1.63. The summed E-state index contributed by atoms with van der Waals surface area (Å²) in [5.41, 5.74) is 4.82. The monoisotopic (exact) mass is 341 g/mol. The van der Waals surface area contributed by atoms with Gasteiger partial charge in [0.15, 0.2) is 0 Å². The Balaban J connectivity index is 2.10. The van der Waals surface area contributed by atoms with Crippen LogP contribution in [0, 0.1) is 11.3 Å². The molecule has 0 radical (unpaired) electrons. The Bertz CT molecular complexity index is 899. The molecule has 0 N–H and O–H groups in total. The van der Waals surface area contributed by atoms with E-state index in [1.807, 2.05) is 66.7 Å². The number of nitrogens with zero attached hydrogens (tertiary/aromatic N) is 1. The molecular weight excluding hydrogens is 322 g/mol. The zero-order valence-electron chi connectivity index (χ0n) is 14.8. The fourth-order valence-corrected chi connectivity index (χ4v) is 2.74. The molecule has 0 atom stereocenters. The Kier molecular flexibility index (Phi) is 5.36. The summed E-state index contributed by atoms with van der Waals surface area (Å²) in [4.78, 5) is 0. The fourth-order valence-electron chi connectivity index (χ4n) is 2.74. The standard InChI is InChI=1S/C23H19NO2/c1-25-21-10-6-19(7-11-21)23(20-8-12-22(26-2)13-9-20)15-17-4-3-5-18(14-17)16-24/h3-15H,1-2H3. The highest BCUT2D eigenvalue weighted by atomic mass is 16.5. The van der Waals surface area contributed by atoms with Crippen molar-refractivity contribution in [2.24, 2.45) is 0 Å². The van der Waals surface area contributed by atoms with Crippen LogP contribution in [0.2, 0.25) is 0 Å². The van der Waals surface area contributed by atoms with Gasteiger partial charge in [-0.25, -0.2) is 0 Å². The molecule has 3 aromatic carbocycles. The average Bonchev–Trinajstić information content (AvgIpc) is 2.72. The molecule has 3 nitrogen and oxygen atoms in total.